The van der Waals surface area contributed by atoms with Crippen LogP contribution in [0.4, 0.5) is 8.78 Å². The average molecular weight is 385 g/mol. The van der Waals surface area contributed by atoms with Gasteiger partial charge in [-0.3, -0.25) is 4.79 Å². The van der Waals surface area contributed by atoms with Crippen LogP contribution in [-0.4, -0.2) is 28.0 Å². The third-order valence-corrected chi connectivity index (χ3v) is 3.99. The van der Waals surface area contributed by atoms with Crippen LogP contribution in [0, 0.1) is 11.6 Å². The van der Waals surface area contributed by atoms with Gasteiger partial charge in [0, 0.05) is 25.5 Å². The Balaban J connectivity index is 1.69. The van der Waals surface area contributed by atoms with Gasteiger partial charge in [-0.25, -0.2) is 18.6 Å². The van der Waals surface area contributed by atoms with Gasteiger partial charge in [-0.15, -0.1) is 0 Å². The van der Waals surface area contributed by atoms with E-state index in [0.29, 0.717) is 11.9 Å². The van der Waals surface area contributed by atoms with E-state index in [0.717, 1.165) is 17.7 Å². The molecule has 0 radical (unpaired) electrons. The highest BCUT2D eigenvalue weighted by molar-refractivity contribution is 5.91. The Bertz CT molecular complexity index is 969. The predicted molar refractivity (Wildman–Crippen MR) is 96.3 cm³/mol. The summed E-state index contributed by atoms with van der Waals surface area (Å²) in [4.78, 5) is 28.5. The SMILES string of the molecule is Cn1ccnc1C(NC(=O)COC(=O)c1cc(F)cc(F)c1)c1ccccc1. The number of carbonyl (C=O) groups excluding carboxylic acids is 2. The number of hydrogen-bond acceptors (Lipinski definition) is 4. The molecule has 1 aromatic heterocycles. The summed E-state index contributed by atoms with van der Waals surface area (Å²) in [5.41, 5.74) is 0.484. The molecule has 144 valence electrons. The number of halogens is 2. The van der Waals surface area contributed by atoms with Crippen molar-refractivity contribution < 1.29 is 23.1 Å². The fraction of sp³-hybridized carbons (Fsp3) is 0.150. The zero-order valence-electron chi connectivity index (χ0n) is 14.9. The van der Waals surface area contributed by atoms with Crippen LogP contribution in [0.15, 0.2) is 60.9 Å². The fourth-order valence-electron chi connectivity index (χ4n) is 2.69. The first-order valence-electron chi connectivity index (χ1n) is 8.39. The molecular weight excluding hydrogens is 368 g/mol. The summed E-state index contributed by atoms with van der Waals surface area (Å²) in [5.74, 6) is -2.80. The number of benzene rings is 2. The van der Waals surface area contributed by atoms with Gasteiger partial charge in [0.2, 0.25) is 0 Å². The second-order valence-electron chi connectivity index (χ2n) is 6.04. The molecule has 0 aliphatic carbocycles. The number of nitrogens with zero attached hydrogens (tertiary/aromatic N) is 2. The molecule has 0 aliphatic heterocycles. The quantitative estimate of drug-likeness (QED) is 0.663. The first-order valence-corrected chi connectivity index (χ1v) is 8.39. The third-order valence-electron chi connectivity index (χ3n) is 3.99. The van der Waals surface area contributed by atoms with Crippen molar-refractivity contribution in [2.24, 2.45) is 7.05 Å². The molecule has 1 atom stereocenters. The van der Waals surface area contributed by atoms with Crippen molar-refractivity contribution in [1.82, 2.24) is 14.9 Å². The van der Waals surface area contributed by atoms with E-state index in [1.807, 2.05) is 30.3 Å². The molecule has 1 amide bonds. The number of amides is 1. The zero-order valence-corrected chi connectivity index (χ0v) is 14.9. The molecule has 1 heterocycles. The smallest absolute Gasteiger partial charge is 0.338 e. The summed E-state index contributed by atoms with van der Waals surface area (Å²) in [7, 11) is 1.79. The van der Waals surface area contributed by atoms with E-state index in [9.17, 15) is 18.4 Å². The monoisotopic (exact) mass is 385 g/mol. The molecule has 28 heavy (non-hydrogen) atoms. The van der Waals surface area contributed by atoms with E-state index in [2.05, 4.69) is 10.3 Å². The molecule has 3 rings (SSSR count). The van der Waals surface area contributed by atoms with E-state index in [1.54, 1.807) is 24.0 Å². The average Bonchev–Trinajstić information content (AvgIpc) is 3.09. The highest BCUT2D eigenvalue weighted by Crippen LogP contribution is 2.20. The van der Waals surface area contributed by atoms with Gasteiger partial charge in [-0.1, -0.05) is 30.3 Å². The number of rotatable bonds is 6. The summed E-state index contributed by atoms with van der Waals surface area (Å²) in [6.07, 6.45) is 3.35. The molecule has 0 bridgehead atoms. The third kappa shape index (κ3) is 4.59. The zero-order chi connectivity index (χ0) is 20.1. The second kappa shape index (κ2) is 8.43. The van der Waals surface area contributed by atoms with Crippen molar-refractivity contribution in [2.45, 2.75) is 6.04 Å². The first-order chi connectivity index (χ1) is 13.4. The van der Waals surface area contributed by atoms with E-state index in [4.69, 9.17) is 4.74 Å². The minimum absolute atomic E-state index is 0.311. The van der Waals surface area contributed by atoms with Crippen LogP contribution in [0.5, 0.6) is 0 Å². The minimum Gasteiger partial charge on any atom is -0.452 e. The molecule has 0 aliphatic rings. The van der Waals surface area contributed by atoms with Gasteiger partial charge in [0.05, 0.1) is 5.56 Å². The van der Waals surface area contributed by atoms with Gasteiger partial charge in [-0.2, -0.15) is 0 Å². The first kappa shape index (κ1) is 19.2. The maximum atomic E-state index is 13.2. The van der Waals surface area contributed by atoms with Crippen molar-refractivity contribution in [3.8, 4) is 0 Å². The summed E-state index contributed by atoms with van der Waals surface area (Å²) in [6, 6.07) is 10.9. The number of carbonyl (C=O) groups is 2. The van der Waals surface area contributed by atoms with Gasteiger partial charge in [0.25, 0.3) is 5.91 Å². The number of imidazole rings is 1. The van der Waals surface area contributed by atoms with Crippen LogP contribution in [0.3, 0.4) is 0 Å². The molecule has 0 fully saturated rings. The lowest BCUT2D eigenvalue weighted by Crippen LogP contribution is -2.34. The Labute approximate surface area is 159 Å². The Hall–Kier alpha value is -3.55. The number of aryl methyl sites for hydroxylation is 1. The van der Waals surface area contributed by atoms with E-state index < -0.39 is 36.2 Å². The number of ether oxygens (including phenoxy) is 1. The summed E-state index contributed by atoms with van der Waals surface area (Å²) >= 11 is 0. The molecular formula is C20H17F2N3O3. The number of aromatic nitrogens is 2. The predicted octanol–water partition coefficient (Wildman–Crippen LogP) is 2.76. The van der Waals surface area contributed by atoms with Gasteiger partial charge >= 0.3 is 5.97 Å². The number of nitrogens with one attached hydrogen (secondary N) is 1. The maximum absolute atomic E-state index is 13.2. The molecule has 0 saturated carbocycles. The molecule has 8 heteroatoms. The second-order valence-corrected chi connectivity index (χ2v) is 6.04. The largest absolute Gasteiger partial charge is 0.452 e. The van der Waals surface area contributed by atoms with Gasteiger partial charge < -0.3 is 14.6 Å². The van der Waals surface area contributed by atoms with Crippen molar-refractivity contribution in [1.29, 1.82) is 0 Å². The van der Waals surface area contributed by atoms with Crippen LogP contribution in [0.25, 0.3) is 0 Å². The van der Waals surface area contributed by atoms with Gasteiger partial charge in [0.1, 0.15) is 23.5 Å². The summed E-state index contributed by atoms with van der Waals surface area (Å²) < 4.78 is 33.0. The molecule has 0 spiro atoms. The normalized spacial score (nSPS) is 11.7. The topological polar surface area (TPSA) is 73.2 Å². The molecule has 2 aromatic carbocycles. The summed E-state index contributed by atoms with van der Waals surface area (Å²) in [5, 5.41) is 2.76. The molecule has 3 aromatic rings. The van der Waals surface area contributed by atoms with Crippen LogP contribution in [0.2, 0.25) is 0 Å². The van der Waals surface area contributed by atoms with Crippen LogP contribution < -0.4 is 5.32 Å². The molecule has 1 unspecified atom stereocenters. The maximum Gasteiger partial charge on any atom is 0.338 e. The minimum atomic E-state index is -0.998. The Kier molecular flexibility index (Phi) is 5.78. The van der Waals surface area contributed by atoms with Crippen molar-refractivity contribution in [3.05, 3.63) is 89.5 Å². The molecule has 0 saturated heterocycles. The van der Waals surface area contributed by atoms with Crippen LogP contribution in [-0.2, 0) is 16.6 Å². The Morgan fingerprint density at radius 1 is 1.14 bits per heavy atom. The van der Waals surface area contributed by atoms with Crippen LogP contribution in [0.1, 0.15) is 27.8 Å². The van der Waals surface area contributed by atoms with Crippen molar-refractivity contribution >= 4 is 11.9 Å². The number of esters is 1. The van der Waals surface area contributed by atoms with Crippen molar-refractivity contribution in [3.63, 3.8) is 0 Å². The fourth-order valence-corrected chi connectivity index (χ4v) is 2.69. The molecule has 6 nitrogen and oxygen atoms in total. The van der Waals surface area contributed by atoms with Gasteiger partial charge in [-0.05, 0) is 17.7 Å². The Morgan fingerprint density at radius 3 is 2.43 bits per heavy atom. The standard InChI is InChI=1S/C20H17F2N3O3/c1-25-8-7-23-19(25)18(13-5-3-2-4-6-13)24-17(26)12-28-20(27)14-9-15(21)11-16(22)10-14/h2-11,18H,12H2,1H3,(H,24,26). The van der Waals surface area contributed by atoms with Crippen molar-refractivity contribution in [2.75, 3.05) is 6.61 Å². The van der Waals surface area contributed by atoms with E-state index in [1.165, 1.54) is 0 Å². The Morgan fingerprint density at radius 2 is 1.82 bits per heavy atom. The highest BCUT2D eigenvalue weighted by Gasteiger charge is 2.21. The lowest BCUT2D eigenvalue weighted by atomic mass is 10.1. The van der Waals surface area contributed by atoms with E-state index in [-0.39, 0.29) is 5.56 Å². The molecule has 1 N–H and O–H groups in total. The van der Waals surface area contributed by atoms with E-state index >= 15 is 0 Å². The lowest BCUT2D eigenvalue weighted by molar-refractivity contribution is -0.124. The lowest BCUT2D eigenvalue weighted by Gasteiger charge is -2.19. The highest BCUT2D eigenvalue weighted by atomic mass is 19.1. The number of hydrogen-bond donors (Lipinski definition) is 1. The van der Waals surface area contributed by atoms with Gasteiger partial charge in [0.15, 0.2) is 6.61 Å². The summed E-state index contributed by atoms with van der Waals surface area (Å²) in [6.45, 7) is -0.606. The van der Waals surface area contributed by atoms with Crippen LogP contribution >= 0.6 is 0 Å².